The Balaban J connectivity index is 1.32. The molecule has 0 spiro atoms. The fourth-order valence-corrected chi connectivity index (χ4v) is 4.73. The summed E-state index contributed by atoms with van der Waals surface area (Å²) in [7, 11) is 0. The van der Waals surface area contributed by atoms with Crippen LogP contribution in [0.2, 0.25) is 0 Å². The van der Waals surface area contributed by atoms with Crippen molar-refractivity contribution in [2.45, 2.75) is 51.5 Å². The number of nitrogens with two attached hydrogens (primary N) is 1. The van der Waals surface area contributed by atoms with Gasteiger partial charge in [0.05, 0.1) is 6.20 Å². The fourth-order valence-electron chi connectivity index (χ4n) is 4.73. The second kappa shape index (κ2) is 14.4. The molecule has 5 N–H and O–H groups in total. The van der Waals surface area contributed by atoms with Crippen molar-refractivity contribution < 1.29 is 23.9 Å². The Bertz CT molecular complexity index is 1240. The third kappa shape index (κ3) is 8.51. The third-order valence-electron chi connectivity index (χ3n) is 7.03. The average molecular weight is 553 g/mol. The Morgan fingerprint density at radius 3 is 2.83 bits per heavy atom. The number of aryl methyl sites for hydroxylation is 2. The molecule has 0 saturated heterocycles. The summed E-state index contributed by atoms with van der Waals surface area (Å²) in [5.41, 5.74) is 8.27. The number of nitrogens with zero attached hydrogens (tertiary/aromatic N) is 4. The van der Waals surface area contributed by atoms with Crippen molar-refractivity contribution in [1.29, 1.82) is 0 Å². The number of fused-ring (bicyclic) bond motifs is 1. The van der Waals surface area contributed by atoms with Crippen molar-refractivity contribution in [3.63, 3.8) is 0 Å². The summed E-state index contributed by atoms with van der Waals surface area (Å²) < 4.78 is 19.9. The highest BCUT2D eigenvalue weighted by Gasteiger charge is 2.25. The largest absolute Gasteiger partial charge is 0.492 e. The number of anilines is 3. The van der Waals surface area contributed by atoms with Crippen LogP contribution in [0.3, 0.4) is 0 Å². The van der Waals surface area contributed by atoms with E-state index < -0.39 is 6.04 Å². The molecule has 214 valence electrons. The first-order valence-corrected chi connectivity index (χ1v) is 13.8. The quantitative estimate of drug-likeness (QED) is 0.128. The van der Waals surface area contributed by atoms with Gasteiger partial charge in [-0.2, -0.15) is 0 Å². The van der Waals surface area contributed by atoms with Crippen molar-refractivity contribution in [2.75, 3.05) is 49.2 Å². The normalized spacial score (nSPS) is 13.4. The fraction of sp³-hybridized carbons (Fsp3) is 0.448. The van der Waals surface area contributed by atoms with Crippen molar-refractivity contribution in [3.8, 4) is 5.75 Å². The number of carbonyl (C=O) groups is 1. The molecule has 1 aliphatic heterocycles. The van der Waals surface area contributed by atoms with E-state index in [0.29, 0.717) is 31.9 Å². The topological polar surface area (TPSA) is 130 Å². The number of carbonyl (C=O) groups excluding carboxylic acids is 1. The van der Waals surface area contributed by atoms with Gasteiger partial charge >= 0.3 is 5.82 Å². The zero-order valence-corrected chi connectivity index (χ0v) is 23.0. The van der Waals surface area contributed by atoms with Crippen molar-refractivity contribution in [3.05, 3.63) is 65.9 Å². The molecule has 0 aliphatic carbocycles. The third-order valence-corrected chi connectivity index (χ3v) is 7.03. The summed E-state index contributed by atoms with van der Waals surface area (Å²) in [6.45, 7) is 4.98. The van der Waals surface area contributed by atoms with Crippen LogP contribution in [-0.4, -0.2) is 64.7 Å². The van der Waals surface area contributed by atoms with Gasteiger partial charge in [-0.25, -0.2) is 14.4 Å². The predicted molar refractivity (Wildman–Crippen MR) is 151 cm³/mol. The number of rotatable bonds is 15. The van der Waals surface area contributed by atoms with Crippen LogP contribution in [0, 0.1) is 5.82 Å². The molecule has 40 heavy (non-hydrogen) atoms. The number of benzene rings is 1. The maximum absolute atomic E-state index is 13.2. The van der Waals surface area contributed by atoms with E-state index in [2.05, 4.69) is 32.7 Å². The van der Waals surface area contributed by atoms with Gasteiger partial charge in [0, 0.05) is 31.7 Å². The highest BCUT2D eigenvalue weighted by Crippen LogP contribution is 2.20. The van der Waals surface area contributed by atoms with Crippen LogP contribution in [0.4, 0.5) is 21.8 Å². The van der Waals surface area contributed by atoms with Crippen LogP contribution in [0.5, 0.6) is 5.75 Å². The lowest BCUT2D eigenvalue weighted by Crippen LogP contribution is -2.41. The van der Waals surface area contributed by atoms with Gasteiger partial charge in [-0.05, 0) is 86.2 Å². The van der Waals surface area contributed by atoms with E-state index in [4.69, 9.17) is 15.5 Å². The lowest BCUT2D eigenvalue weighted by Gasteiger charge is -2.24. The minimum atomic E-state index is -0.558. The highest BCUT2D eigenvalue weighted by molar-refractivity contribution is 5.84. The van der Waals surface area contributed by atoms with E-state index in [1.807, 2.05) is 0 Å². The number of pyridine rings is 1. The molecule has 3 heterocycles. The molecular weight excluding hydrogens is 513 g/mol. The predicted octanol–water partition coefficient (Wildman–Crippen LogP) is 3.24. The van der Waals surface area contributed by atoms with Crippen LogP contribution in [0.25, 0.3) is 0 Å². The maximum atomic E-state index is 13.2. The first-order chi connectivity index (χ1) is 19.4. The number of nitrogens with one attached hydrogen (secondary N) is 2. The Kier molecular flexibility index (Phi) is 10.4. The molecule has 2 aromatic heterocycles. The molecule has 10 nitrogen and oxygen atoms in total. The minimum Gasteiger partial charge on any atom is -0.492 e. The lowest BCUT2D eigenvalue weighted by atomic mass is 10.1. The number of aromatic nitrogens is 3. The number of unbranched alkanes of at least 4 members (excludes halogenated alkanes) is 1. The molecule has 0 fully saturated rings. The van der Waals surface area contributed by atoms with Gasteiger partial charge in [-0.15, -0.1) is 0 Å². The molecule has 1 aromatic carbocycles. The number of ketones is 1. The van der Waals surface area contributed by atoms with E-state index >= 15 is 0 Å². The first-order valence-electron chi connectivity index (χ1n) is 13.8. The van der Waals surface area contributed by atoms with Crippen LogP contribution >= 0.6 is 0 Å². The van der Waals surface area contributed by atoms with Gasteiger partial charge in [0.1, 0.15) is 24.0 Å². The summed E-state index contributed by atoms with van der Waals surface area (Å²) >= 11 is 0. The SMILES string of the molecule is CC(=O)[C@H](CCN(CCCCc1ccc2c(n1)NCCC2)CCOc1ccc(F)cc1)Nc1c(N)ncc[n+]1O. The molecule has 0 saturated carbocycles. The lowest BCUT2D eigenvalue weighted by molar-refractivity contribution is -0.893. The molecule has 4 rings (SSSR count). The number of hydrogen-bond acceptors (Lipinski definition) is 9. The Morgan fingerprint density at radius 2 is 2.05 bits per heavy atom. The van der Waals surface area contributed by atoms with E-state index in [1.54, 1.807) is 12.1 Å². The molecule has 0 bridgehead atoms. The second-order valence-corrected chi connectivity index (χ2v) is 10.0. The monoisotopic (exact) mass is 552 g/mol. The Labute approximate surface area is 234 Å². The zero-order valence-electron chi connectivity index (χ0n) is 23.0. The van der Waals surface area contributed by atoms with Gasteiger partial charge in [0.15, 0.2) is 18.0 Å². The summed E-state index contributed by atoms with van der Waals surface area (Å²) in [4.78, 5) is 23.5. The van der Waals surface area contributed by atoms with Gasteiger partial charge in [0.2, 0.25) is 5.82 Å². The molecular formula is C29H39FN7O3+. The average Bonchev–Trinajstić information content (AvgIpc) is 2.95. The van der Waals surface area contributed by atoms with Crippen LogP contribution in [0.1, 0.15) is 43.9 Å². The molecule has 0 amide bonds. The van der Waals surface area contributed by atoms with Gasteiger partial charge in [-0.1, -0.05) is 6.07 Å². The minimum absolute atomic E-state index is 0.0714. The Morgan fingerprint density at radius 1 is 1.23 bits per heavy atom. The molecule has 0 radical (unpaired) electrons. The standard InChI is InChI=1S/C29H38FN7O3/c1-21(38)26(35-29-27(31)32-15-18-37(29)39)13-17-36(19-20-40-25-11-8-23(30)9-12-25)16-3-2-6-24-10-7-22-5-4-14-33-28(22)34-24/h7-12,15,18,26,39H,2-6,13-14,16-17,19-20H2,1H3,(H3,31,32,33,34)/p+1/t26-/m0/s1. The maximum Gasteiger partial charge on any atom is 0.357 e. The number of halogens is 1. The number of ether oxygens (including phenoxy) is 1. The molecule has 1 aliphatic rings. The van der Waals surface area contributed by atoms with E-state index in [9.17, 15) is 14.4 Å². The van der Waals surface area contributed by atoms with Crippen LogP contribution in [0.15, 0.2) is 48.8 Å². The van der Waals surface area contributed by atoms with Gasteiger partial charge in [-0.3, -0.25) is 15.0 Å². The zero-order chi connectivity index (χ0) is 28.3. The molecule has 11 heteroatoms. The highest BCUT2D eigenvalue weighted by atomic mass is 19.1. The number of nitrogen functional groups attached to an aromatic ring is 1. The summed E-state index contributed by atoms with van der Waals surface area (Å²) in [6.07, 6.45) is 8.27. The van der Waals surface area contributed by atoms with Gasteiger partial charge in [0.25, 0.3) is 0 Å². The van der Waals surface area contributed by atoms with Crippen molar-refractivity contribution in [2.24, 2.45) is 0 Å². The second-order valence-electron chi connectivity index (χ2n) is 10.0. The molecule has 1 atom stereocenters. The summed E-state index contributed by atoms with van der Waals surface area (Å²) in [6, 6.07) is 9.72. The van der Waals surface area contributed by atoms with E-state index in [-0.39, 0.29) is 23.2 Å². The van der Waals surface area contributed by atoms with Crippen LogP contribution < -0.4 is 25.8 Å². The van der Waals surface area contributed by atoms with Crippen molar-refractivity contribution >= 4 is 23.2 Å². The van der Waals surface area contributed by atoms with E-state index in [1.165, 1.54) is 37.0 Å². The van der Waals surface area contributed by atoms with E-state index in [0.717, 1.165) is 61.4 Å². The smallest absolute Gasteiger partial charge is 0.357 e. The summed E-state index contributed by atoms with van der Waals surface area (Å²) in [5, 5.41) is 16.5. The summed E-state index contributed by atoms with van der Waals surface area (Å²) in [5.74, 6) is 1.53. The Hall–Kier alpha value is -3.99. The van der Waals surface area contributed by atoms with Crippen molar-refractivity contribution in [1.82, 2.24) is 14.9 Å². The number of Topliss-reactive ketones (excluding diaryl/α,β-unsaturated/α-hetero) is 1. The first kappa shape index (κ1) is 29.0. The number of hydrogen-bond donors (Lipinski definition) is 4. The molecule has 0 unspecified atom stereocenters. The van der Waals surface area contributed by atoms with Gasteiger partial charge < -0.3 is 21.0 Å². The molecule has 3 aromatic rings. The van der Waals surface area contributed by atoms with Crippen LogP contribution in [-0.2, 0) is 17.6 Å².